The average Bonchev–Trinajstić information content (AvgIpc) is 2.47. The van der Waals surface area contributed by atoms with Crippen molar-refractivity contribution in [2.45, 2.75) is 6.92 Å². The van der Waals surface area contributed by atoms with E-state index in [-0.39, 0.29) is 12.5 Å². The van der Waals surface area contributed by atoms with Gasteiger partial charge >= 0.3 is 0 Å². The molecule has 2 aromatic rings. The number of halogens is 1. The Morgan fingerprint density at radius 2 is 2.14 bits per heavy atom. The fraction of sp³-hybridized carbons (Fsp3) is 0.125. The largest absolute Gasteiger partial charge is 0.484 e. The zero-order valence-corrected chi connectivity index (χ0v) is 12.1. The van der Waals surface area contributed by atoms with Gasteiger partial charge in [-0.25, -0.2) is 0 Å². The first-order chi connectivity index (χ1) is 10.1. The van der Waals surface area contributed by atoms with Gasteiger partial charge in [-0.15, -0.1) is 0 Å². The van der Waals surface area contributed by atoms with Crippen molar-refractivity contribution in [2.75, 3.05) is 11.9 Å². The minimum Gasteiger partial charge on any atom is -0.484 e. The maximum atomic E-state index is 11.9. The minimum atomic E-state index is -0.298. The molecule has 0 fully saturated rings. The molecule has 0 aliphatic heterocycles. The topological polar surface area (TPSA) is 62.1 Å². The van der Waals surface area contributed by atoms with Crippen LogP contribution in [0.4, 0.5) is 5.69 Å². The first kappa shape index (κ1) is 14.9. The molecule has 2 rings (SSSR count). The molecular weight excluding hydrogens is 288 g/mol. The number of aryl methyl sites for hydroxylation is 1. The van der Waals surface area contributed by atoms with Gasteiger partial charge in [-0.2, -0.15) is 5.26 Å². The van der Waals surface area contributed by atoms with E-state index in [1.165, 1.54) is 0 Å². The van der Waals surface area contributed by atoms with Gasteiger partial charge in [0.15, 0.2) is 6.61 Å². The van der Waals surface area contributed by atoms with Gasteiger partial charge in [0.2, 0.25) is 0 Å². The highest BCUT2D eigenvalue weighted by Crippen LogP contribution is 2.18. The van der Waals surface area contributed by atoms with Gasteiger partial charge in [-0.1, -0.05) is 23.7 Å². The van der Waals surface area contributed by atoms with Crippen LogP contribution < -0.4 is 10.1 Å². The Balaban J connectivity index is 1.98. The molecular formula is C16H13ClN2O2. The summed E-state index contributed by atoms with van der Waals surface area (Å²) >= 11 is 5.83. The van der Waals surface area contributed by atoms with E-state index >= 15 is 0 Å². The summed E-state index contributed by atoms with van der Waals surface area (Å²) in [7, 11) is 0. The van der Waals surface area contributed by atoms with Crippen molar-refractivity contribution in [3.8, 4) is 11.8 Å². The standard InChI is InChI=1S/C16H13ClN2O2/c1-11-5-6-12(9-18)7-15(11)19-16(20)10-21-14-4-2-3-13(17)8-14/h2-8H,10H2,1H3,(H,19,20). The number of carbonyl (C=O) groups excluding carboxylic acids is 1. The summed E-state index contributed by atoms with van der Waals surface area (Å²) in [5.41, 5.74) is 1.98. The summed E-state index contributed by atoms with van der Waals surface area (Å²) < 4.78 is 5.36. The number of amides is 1. The molecule has 0 aliphatic rings. The van der Waals surface area contributed by atoms with E-state index in [4.69, 9.17) is 21.6 Å². The third kappa shape index (κ3) is 4.23. The number of hydrogen-bond donors (Lipinski definition) is 1. The third-order valence-electron chi connectivity index (χ3n) is 2.81. The lowest BCUT2D eigenvalue weighted by Crippen LogP contribution is -2.20. The number of hydrogen-bond acceptors (Lipinski definition) is 3. The Labute approximate surface area is 127 Å². The Hall–Kier alpha value is -2.51. The third-order valence-corrected chi connectivity index (χ3v) is 3.04. The van der Waals surface area contributed by atoms with Crippen LogP contribution in [0.5, 0.6) is 5.75 Å². The molecule has 0 saturated carbocycles. The highest BCUT2D eigenvalue weighted by molar-refractivity contribution is 6.30. The maximum Gasteiger partial charge on any atom is 0.262 e. The van der Waals surface area contributed by atoms with Crippen molar-refractivity contribution in [1.29, 1.82) is 5.26 Å². The number of ether oxygens (including phenoxy) is 1. The number of anilines is 1. The first-order valence-corrected chi connectivity index (χ1v) is 6.65. The van der Waals surface area contributed by atoms with Gasteiger partial charge in [0.05, 0.1) is 11.6 Å². The molecule has 0 radical (unpaired) electrons. The summed E-state index contributed by atoms with van der Waals surface area (Å²) in [4.78, 5) is 11.9. The lowest BCUT2D eigenvalue weighted by molar-refractivity contribution is -0.118. The average molecular weight is 301 g/mol. The molecule has 2 aromatic carbocycles. The van der Waals surface area contributed by atoms with Crippen LogP contribution >= 0.6 is 11.6 Å². The van der Waals surface area contributed by atoms with Crippen molar-refractivity contribution < 1.29 is 9.53 Å². The van der Waals surface area contributed by atoms with E-state index in [9.17, 15) is 4.79 Å². The monoisotopic (exact) mass is 300 g/mol. The number of nitriles is 1. The number of benzene rings is 2. The Kier molecular flexibility index (Phi) is 4.81. The van der Waals surface area contributed by atoms with E-state index in [2.05, 4.69) is 5.32 Å². The molecule has 5 heteroatoms. The van der Waals surface area contributed by atoms with Crippen molar-refractivity contribution in [2.24, 2.45) is 0 Å². The zero-order chi connectivity index (χ0) is 15.2. The summed E-state index contributed by atoms with van der Waals surface area (Å²) in [5, 5.41) is 12.1. The van der Waals surface area contributed by atoms with Gasteiger partial charge in [-0.3, -0.25) is 4.79 Å². The van der Waals surface area contributed by atoms with Gasteiger partial charge in [0, 0.05) is 10.7 Å². The molecule has 4 nitrogen and oxygen atoms in total. The van der Waals surface area contributed by atoms with E-state index in [1.807, 2.05) is 13.0 Å². The molecule has 0 aliphatic carbocycles. The second-order valence-electron chi connectivity index (χ2n) is 4.44. The van der Waals surface area contributed by atoms with Crippen LogP contribution in [-0.2, 0) is 4.79 Å². The molecule has 1 amide bonds. The molecule has 0 aromatic heterocycles. The molecule has 1 N–H and O–H groups in total. The SMILES string of the molecule is Cc1ccc(C#N)cc1NC(=O)COc1cccc(Cl)c1. The molecule has 0 bridgehead atoms. The second kappa shape index (κ2) is 6.78. The molecule has 106 valence electrons. The summed E-state index contributed by atoms with van der Waals surface area (Å²) in [6.45, 7) is 1.73. The molecule has 0 saturated heterocycles. The van der Waals surface area contributed by atoms with Crippen molar-refractivity contribution in [3.63, 3.8) is 0 Å². The van der Waals surface area contributed by atoms with E-state index < -0.39 is 0 Å². The normalized spacial score (nSPS) is 9.76. The van der Waals surface area contributed by atoms with E-state index in [1.54, 1.807) is 42.5 Å². The van der Waals surface area contributed by atoms with Gasteiger partial charge in [-0.05, 0) is 42.8 Å². The van der Waals surface area contributed by atoms with Crippen LogP contribution in [-0.4, -0.2) is 12.5 Å². The van der Waals surface area contributed by atoms with Gasteiger partial charge < -0.3 is 10.1 Å². The fourth-order valence-corrected chi connectivity index (χ4v) is 1.90. The van der Waals surface area contributed by atoms with Crippen molar-refractivity contribution in [1.82, 2.24) is 0 Å². The summed E-state index contributed by atoms with van der Waals surface area (Å²) in [5.74, 6) is 0.230. The molecule has 0 heterocycles. The summed E-state index contributed by atoms with van der Waals surface area (Å²) in [6, 6.07) is 14.0. The van der Waals surface area contributed by atoms with Crippen LogP contribution in [0.15, 0.2) is 42.5 Å². The number of carbonyl (C=O) groups is 1. The Morgan fingerprint density at radius 1 is 1.33 bits per heavy atom. The van der Waals surface area contributed by atoms with E-state index in [0.29, 0.717) is 22.0 Å². The lowest BCUT2D eigenvalue weighted by Gasteiger charge is -2.10. The van der Waals surface area contributed by atoms with Crippen LogP contribution in [0.25, 0.3) is 0 Å². The molecule has 0 atom stereocenters. The van der Waals surface area contributed by atoms with Crippen molar-refractivity contribution >= 4 is 23.2 Å². The zero-order valence-electron chi connectivity index (χ0n) is 11.4. The summed E-state index contributed by atoms with van der Waals surface area (Å²) in [6.07, 6.45) is 0. The minimum absolute atomic E-state index is 0.128. The molecule has 0 spiro atoms. The van der Waals surface area contributed by atoms with Crippen LogP contribution in [0, 0.1) is 18.3 Å². The predicted octanol–water partition coefficient (Wildman–Crippen LogP) is 3.54. The smallest absolute Gasteiger partial charge is 0.262 e. The Bertz CT molecular complexity index is 708. The predicted molar refractivity (Wildman–Crippen MR) is 81.5 cm³/mol. The quantitative estimate of drug-likeness (QED) is 0.939. The molecule has 0 unspecified atom stereocenters. The lowest BCUT2D eigenvalue weighted by atomic mass is 10.1. The van der Waals surface area contributed by atoms with Gasteiger partial charge in [0.25, 0.3) is 5.91 Å². The van der Waals surface area contributed by atoms with Crippen molar-refractivity contribution in [3.05, 3.63) is 58.6 Å². The highest BCUT2D eigenvalue weighted by Gasteiger charge is 2.07. The van der Waals surface area contributed by atoms with Crippen LogP contribution in [0.1, 0.15) is 11.1 Å². The number of nitrogens with one attached hydrogen (secondary N) is 1. The van der Waals surface area contributed by atoms with Gasteiger partial charge in [0.1, 0.15) is 5.75 Å². The maximum absolute atomic E-state index is 11.9. The fourth-order valence-electron chi connectivity index (χ4n) is 1.72. The molecule has 21 heavy (non-hydrogen) atoms. The van der Waals surface area contributed by atoms with Crippen LogP contribution in [0.2, 0.25) is 5.02 Å². The second-order valence-corrected chi connectivity index (χ2v) is 4.87. The number of rotatable bonds is 4. The van der Waals surface area contributed by atoms with Crippen LogP contribution in [0.3, 0.4) is 0 Å². The van der Waals surface area contributed by atoms with E-state index in [0.717, 1.165) is 5.56 Å². The Morgan fingerprint density at radius 3 is 2.86 bits per heavy atom. The first-order valence-electron chi connectivity index (χ1n) is 6.27. The highest BCUT2D eigenvalue weighted by atomic mass is 35.5. The number of nitrogens with zero attached hydrogens (tertiary/aromatic N) is 1.